The maximum Gasteiger partial charge on any atom is 0.326 e. The summed E-state index contributed by atoms with van der Waals surface area (Å²) in [4.78, 5) is 21.3. The van der Waals surface area contributed by atoms with Gasteiger partial charge in [0.05, 0.1) is 6.42 Å². The Hall–Kier alpha value is -1.10. The second-order valence-corrected chi connectivity index (χ2v) is 1.83. The third-order valence-corrected chi connectivity index (χ3v) is 1.03. The second-order valence-electron chi connectivity index (χ2n) is 1.83. The van der Waals surface area contributed by atoms with Gasteiger partial charge in [0.25, 0.3) is 0 Å². The number of esters is 2. The molecule has 0 saturated carbocycles. The number of carbonyl (C=O) groups excluding carboxylic acids is 2. The van der Waals surface area contributed by atoms with Gasteiger partial charge in [-0.3, -0.25) is 9.59 Å². The van der Waals surface area contributed by atoms with E-state index in [1.165, 1.54) is 0 Å². The summed E-state index contributed by atoms with van der Waals surface area (Å²) < 4.78 is 15.3. The van der Waals surface area contributed by atoms with Crippen molar-refractivity contribution in [3.8, 4) is 0 Å². The summed E-state index contributed by atoms with van der Waals surface area (Å²) in [5.74, 6) is -1.47. The van der Waals surface area contributed by atoms with E-state index in [0.717, 1.165) is 0 Å². The van der Waals surface area contributed by atoms with Crippen LogP contribution in [0.25, 0.3) is 0 Å². The third-order valence-electron chi connectivity index (χ3n) is 1.03. The molecule has 1 heterocycles. The maximum atomic E-state index is 10.7. The quantitative estimate of drug-likeness (QED) is 0.432. The van der Waals surface area contributed by atoms with Gasteiger partial charge in [0.15, 0.2) is 0 Å². The molecule has 0 radical (unpaired) electrons. The Morgan fingerprint density at radius 1 is 1.60 bits per heavy atom. The molecule has 0 aliphatic carbocycles. The summed E-state index contributed by atoms with van der Waals surface area (Å²) in [5.41, 5.74) is 5.17. The first-order chi connectivity index (χ1) is 5.09. The molecular weight excluding hydrogens is 138 g/mol. The lowest BCUT2D eigenvalue weighted by Gasteiger charge is -2.00. The van der Waals surface area contributed by atoms with Gasteiger partial charge in [-0.25, -0.2) is 0 Å². The van der Waals surface area contributed by atoms with Crippen molar-refractivity contribution in [2.75, 3.05) is 6.77 Å². The zero-order valence-electron chi connectivity index (χ0n) is 6.07. The number of hydrogen-bond acceptors (Lipinski definition) is 5. The Labute approximate surface area is 58.5 Å². The number of cyclic esters (lactones) is 2. The van der Waals surface area contributed by atoms with E-state index in [-0.39, 0.29) is 6.42 Å². The van der Waals surface area contributed by atoms with Crippen LogP contribution in [0.2, 0.25) is 0 Å². The zero-order chi connectivity index (χ0) is 8.43. The smallest absolute Gasteiger partial charge is 0.326 e. The van der Waals surface area contributed by atoms with Crippen molar-refractivity contribution >= 4 is 11.9 Å². The average Bonchev–Trinajstić information content (AvgIpc) is 1.93. The molecule has 1 fully saturated rings. The van der Waals surface area contributed by atoms with E-state index in [0.29, 0.717) is 0 Å². The molecular formula is C5H7NO4. The van der Waals surface area contributed by atoms with Gasteiger partial charge in [0.2, 0.25) is 6.77 Å². The topological polar surface area (TPSA) is 78.6 Å². The van der Waals surface area contributed by atoms with E-state index in [2.05, 4.69) is 9.47 Å². The number of ether oxygens (including phenoxy) is 2. The van der Waals surface area contributed by atoms with E-state index in [4.69, 9.17) is 7.10 Å². The van der Waals surface area contributed by atoms with Crippen LogP contribution in [0.4, 0.5) is 0 Å². The average molecular weight is 146 g/mol. The van der Waals surface area contributed by atoms with E-state index < -0.39 is 24.7 Å². The lowest BCUT2D eigenvalue weighted by atomic mass is 10.2. The molecule has 5 nitrogen and oxygen atoms in total. The highest BCUT2D eigenvalue weighted by Crippen LogP contribution is 2.00. The van der Waals surface area contributed by atoms with Gasteiger partial charge in [-0.1, -0.05) is 0 Å². The molecule has 1 aliphatic rings. The largest absolute Gasteiger partial charge is 0.428 e. The molecule has 0 aromatic carbocycles. The van der Waals surface area contributed by atoms with Gasteiger partial charge in [0.1, 0.15) is 7.41 Å². The van der Waals surface area contributed by atoms with Crippen LogP contribution >= 0.6 is 0 Å². The first-order valence-corrected chi connectivity index (χ1v) is 2.67. The van der Waals surface area contributed by atoms with E-state index in [1.807, 2.05) is 0 Å². The Bertz CT molecular complexity index is 195. The fraction of sp³-hybridized carbons (Fsp3) is 0.600. The SMILES string of the molecule is [2H]C1OC(=O)C[C@H](N)C(=O)O1. The fourth-order valence-electron chi connectivity index (χ4n) is 0.524. The van der Waals surface area contributed by atoms with Crippen LogP contribution in [-0.4, -0.2) is 24.7 Å². The Morgan fingerprint density at radius 2 is 2.30 bits per heavy atom. The van der Waals surface area contributed by atoms with Crippen LogP contribution in [0.15, 0.2) is 0 Å². The Kier molecular flexibility index (Phi) is 1.51. The third kappa shape index (κ3) is 1.44. The Morgan fingerprint density at radius 3 is 3.00 bits per heavy atom. The van der Waals surface area contributed by atoms with Gasteiger partial charge in [-0.2, -0.15) is 0 Å². The number of hydrogen-bond donors (Lipinski definition) is 1. The van der Waals surface area contributed by atoms with E-state index in [9.17, 15) is 9.59 Å². The van der Waals surface area contributed by atoms with Gasteiger partial charge >= 0.3 is 11.9 Å². The first kappa shape index (κ1) is 5.67. The molecule has 0 aromatic rings. The summed E-state index contributed by atoms with van der Waals surface area (Å²) >= 11 is 0. The van der Waals surface area contributed by atoms with E-state index >= 15 is 0 Å². The minimum absolute atomic E-state index is 0.228. The van der Waals surface area contributed by atoms with Crippen molar-refractivity contribution in [3.63, 3.8) is 0 Å². The molecule has 0 aromatic heterocycles. The van der Waals surface area contributed by atoms with Crippen LogP contribution in [0.1, 0.15) is 7.79 Å². The van der Waals surface area contributed by atoms with Gasteiger partial charge in [-0.15, -0.1) is 0 Å². The number of carbonyl (C=O) groups is 2. The van der Waals surface area contributed by atoms with Crippen LogP contribution in [-0.2, 0) is 19.1 Å². The van der Waals surface area contributed by atoms with Crippen LogP contribution in [0.3, 0.4) is 0 Å². The minimum atomic E-state index is -1.57. The zero-order valence-corrected chi connectivity index (χ0v) is 5.07. The molecule has 1 rings (SSSR count). The fourth-order valence-corrected chi connectivity index (χ4v) is 0.524. The predicted octanol–water partition coefficient (Wildman–Crippen LogP) is -1.24. The monoisotopic (exact) mass is 146 g/mol. The molecule has 1 unspecified atom stereocenters. The van der Waals surface area contributed by atoms with E-state index in [1.54, 1.807) is 0 Å². The predicted molar refractivity (Wildman–Crippen MR) is 29.6 cm³/mol. The first-order valence-electron chi connectivity index (χ1n) is 3.25. The molecule has 2 atom stereocenters. The normalized spacial score (nSPS) is 35.5. The molecule has 56 valence electrons. The second kappa shape index (κ2) is 2.66. The molecule has 0 bridgehead atoms. The minimum Gasteiger partial charge on any atom is -0.428 e. The number of nitrogens with two attached hydrogens (primary N) is 1. The van der Waals surface area contributed by atoms with Gasteiger partial charge in [-0.05, 0) is 0 Å². The highest BCUT2D eigenvalue weighted by molar-refractivity contribution is 5.83. The lowest BCUT2D eigenvalue weighted by molar-refractivity contribution is -0.160. The van der Waals surface area contributed by atoms with Crippen molar-refractivity contribution in [2.24, 2.45) is 5.73 Å². The summed E-state index contributed by atoms with van der Waals surface area (Å²) in [6, 6.07) is -1.00. The summed E-state index contributed by atoms with van der Waals surface area (Å²) in [6.45, 7) is -1.57. The number of rotatable bonds is 0. The van der Waals surface area contributed by atoms with Crippen LogP contribution in [0, 0.1) is 0 Å². The Balaban J connectivity index is 2.66. The maximum absolute atomic E-state index is 10.7. The molecule has 1 saturated heterocycles. The van der Waals surface area contributed by atoms with Gasteiger partial charge < -0.3 is 15.2 Å². The lowest BCUT2D eigenvalue weighted by Crippen LogP contribution is -2.31. The molecule has 5 heteroatoms. The summed E-state index contributed by atoms with van der Waals surface area (Å²) in [5, 5.41) is 0. The highest BCUT2D eigenvalue weighted by atomic mass is 16.7. The molecule has 1 aliphatic heterocycles. The van der Waals surface area contributed by atoms with Crippen LogP contribution < -0.4 is 5.73 Å². The van der Waals surface area contributed by atoms with Crippen LogP contribution in [0.5, 0.6) is 0 Å². The molecule has 2 N–H and O–H groups in total. The standard InChI is InChI=1S/C5H7NO4/c6-3-1-4(7)9-2-10-5(3)8/h3H,1-2,6H2/t3-/m0/s1/i2D/t2?,3-. The summed E-state index contributed by atoms with van der Waals surface area (Å²) in [6.07, 6.45) is -0.228. The van der Waals surface area contributed by atoms with Gasteiger partial charge in [0, 0.05) is 0 Å². The molecule has 0 spiro atoms. The highest BCUT2D eigenvalue weighted by Gasteiger charge is 2.23. The summed E-state index contributed by atoms with van der Waals surface area (Å²) in [7, 11) is 0. The van der Waals surface area contributed by atoms with Crippen molar-refractivity contribution in [1.29, 1.82) is 0 Å². The van der Waals surface area contributed by atoms with Crippen molar-refractivity contribution < 1.29 is 20.4 Å². The van der Waals surface area contributed by atoms with Crippen molar-refractivity contribution in [1.82, 2.24) is 0 Å². The molecule has 0 amide bonds. The van der Waals surface area contributed by atoms with Crippen molar-refractivity contribution in [2.45, 2.75) is 12.5 Å². The van der Waals surface area contributed by atoms with Crippen molar-refractivity contribution in [3.05, 3.63) is 0 Å². The molecule has 10 heavy (non-hydrogen) atoms.